The van der Waals surface area contributed by atoms with Gasteiger partial charge in [-0.05, 0) is 84.7 Å². The van der Waals surface area contributed by atoms with Crippen LogP contribution < -0.4 is 16.4 Å². The first-order valence-corrected chi connectivity index (χ1v) is 15.7. The van der Waals surface area contributed by atoms with Gasteiger partial charge in [0.05, 0.1) is 25.2 Å². The normalized spacial score (nSPS) is 22.2. The number of amides is 3. The second-order valence-corrected chi connectivity index (χ2v) is 12.5. The van der Waals surface area contributed by atoms with Gasteiger partial charge in [-0.2, -0.15) is 0 Å². The van der Waals surface area contributed by atoms with Gasteiger partial charge in [-0.1, -0.05) is 12.1 Å². The zero-order chi connectivity index (χ0) is 32.4. The smallest absolute Gasteiger partial charge is 0.251 e. The summed E-state index contributed by atoms with van der Waals surface area (Å²) < 4.78 is 11.5. The summed E-state index contributed by atoms with van der Waals surface area (Å²) in [7, 11) is 1.69. The number of rotatable bonds is 3. The van der Waals surface area contributed by atoms with Crippen LogP contribution in [0.3, 0.4) is 0 Å². The minimum atomic E-state index is -0.878. The van der Waals surface area contributed by atoms with E-state index in [4.69, 9.17) is 20.6 Å². The number of hydrogen-bond acceptors (Lipinski definition) is 8. The van der Waals surface area contributed by atoms with Crippen LogP contribution in [-0.2, 0) is 50.2 Å². The van der Waals surface area contributed by atoms with Gasteiger partial charge in [-0.25, -0.2) is 4.98 Å². The lowest BCUT2D eigenvalue weighted by Gasteiger charge is -2.25. The van der Waals surface area contributed by atoms with Crippen LogP contribution in [-0.4, -0.2) is 79.9 Å². The quantitative estimate of drug-likeness (QED) is 0.258. The highest BCUT2D eigenvalue weighted by atomic mass is 16.5. The minimum absolute atomic E-state index is 0.0797. The van der Waals surface area contributed by atoms with Crippen molar-refractivity contribution < 1.29 is 23.9 Å². The molecule has 1 aliphatic carbocycles. The van der Waals surface area contributed by atoms with Crippen molar-refractivity contribution in [3.8, 4) is 0 Å². The van der Waals surface area contributed by atoms with Crippen LogP contribution in [0.1, 0.15) is 55.7 Å². The molecule has 6 rings (SSSR count). The minimum Gasteiger partial charge on any atom is -0.398 e. The van der Waals surface area contributed by atoms with Crippen LogP contribution in [0.4, 0.5) is 11.5 Å². The van der Waals surface area contributed by atoms with Crippen LogP contribution in [0, 0.1) is 12.3 Å². The van der Waals surface area contributed by atoms with E-state index in [1.807, 2.05) is 31.3 Å². The van der Waals surface area contributed by atoms with Gasteiger partial charge in [-0.3, -0.25) is 14.4 Å². The highest BCUT2D eigenvalue weighted by Crippen LogP contribution is 2.47. The zero-order valence-electron chi connectivity index (χ0n) is 26.3. The number of pyridine rings is 1. The first kappa shape index (κ1) is 31.4. The van der Waals surface area contributed by atoms with E-state index in [0.717, 1.165) is 46.2 Å². The summed E-state index contributed by atoms with van der Waals surface area (Å²) in [6.07, 6.45) is 5.78. The largest absolute Gasteiger partial charge is 0.398 e. The molecule has 46 heavy (non-hydrogen) atoms. The summed E-state index contributed by atoms with van der Waals surface area (Å²) in [5.41, 5.74) is 12.3. The molecular formula is C35H40N6O5. The Hall–Kier alpha value is -4.61. The van der Waals surface area contributed by atoms with Gasteiger partial charge in [0.2, 0.25) is 11.8 Å². The van der Waals surface area contributed by atoms with Crippen molar-refractivity contribution in [1.29, 1.82) is 5.41 Å². The van der Waals surface area contributed by atoms with Crippen molar-refractivity contribution in [2.24, 2.45) is 0 Å². The maximum absolute atomic E-state index is 13.8. The molecule has 2 atom stereocenters. The Kier molecular flexibility index (Phi) is 8.88. The molecule has 0 saturated heterocycles. The predicted molar refractivity (Wildman–Crippen MR) is 174 cm³/mol. The SMILES string of the molecule is Cc1cc(C[C@H]2NC(=O)c3ccc4c(c3)C[C@]3(C4)C(=O)Nc4ncc(cc43)CCCOCCOCCN(C)C2=O)cc(C=N)c1N. The summed E-state index contributed by atoms with van der Waals surface area (Å²) >= 11 is 0. The molecule has 2 aliphatic heterocycles. The number of ether oxygens (including phenoxy) is 2. The molecule has 3 amide bonds. The van der Waals surface area contributed by atoms with E-state index >= 15 is 0 Å². The number of anilines is 2. The molecule has 1 spiro atoms. The van der Waals surface area contributed by atoms with Crippen LogP contribution in [0.2, 0.25) is 0 Å². The topological polar surface area (TPSA) is 160 Å². The first-order valence-electron chi connectivity index (χ1n) is 15.7. The molecule has 0 fully saturated rings. The maximum Gasteiger partial charge on any atom is 0.251 e. The number of aryl methyl sites for hydroxylation is 2. The number of fused-ring (bicyclic) bond motifs is 2. The Morgan fingerprint density at radius 3 is 2.65 bits per heavy atom. The molecule has 5 N–H and O–H groups in total. The summed E-state index contributed by atoms with van der Waals surface area (Å²) in [5.74, 6) is -0.129. The van der Waals surface area contributed by atoms with Crippen LogP contribution in [0.15, 0.2) is 42.6 Å². The lowest BCUT2D eigenvalue weighted by Crippen LogP contribution is -2.49. The molecule has 1 aromatic heterocycles. The monoisotopic (exact) mass is 624 g/mol. The third-order valence-electron chi connectivity index (χ3n) is 9.33. The zero-order valence-corrected chi connectivity index (χ0v) is 26.3. The Labute approximate surface area is 268 Å². The molecule has 2 aromatic carbocycles. The molecule has 0 saturated carbocycles. The second kappa shape index (κ2) is 13.0. The summed E-state index contributed by atoms with van der Waals surface area (Å²) in [4.78, 5) is 47.1. The summed E-state index contributed by atoms with van der Waals surface area (Å²) in [6, 6.07) is 10.4. The van der Waals surface area contributed by atoms with Gasteiger partial charge in [0.15, 0.2) is 0 Å². The lowest BCUT2D eigenvalue weighted by molar-refractivity contribution is -0.132. The Morgan fingerprint density at radius 2 is 1.85 bits per heavy atom. The van der Waals surface area contributed by atoms with E-state index in [0.29, 0.717) is 68.4 Å². The number of carbonyl (C=O) groups excluding carboxylic acids is 3. The van der Waals surface area contributed by atoms with Gasteiger partial charge < -0.3 is 36.2 Å². The van der Waals surface area contributed by atoms with E-state index < -0.39 is 11.5 Å². The van der Waals surface area contributed by atoms with Crippen molar-refractivity contribution in [3.63, 3.8) is 0 Å². The predicted octanol–water partition coefficient (Wildman–Crippen LogP) is 2.74. The fourth-order valence-corrected chi connectivity index (χ4v) is 6.72. The van der Waals surface area contributed by atoms with Gasteiger partial charge >= 0.3 is 0 Å². The van der Waals surface area contributed by atoms with Crippen LogP contribution in [0.5, 0.6) is 0 Å². The Bertz CT molecular complexity index is 1710. The van der Waals surface area contributed by atoms with Crippen molar-refractivity contribution >= 4 is 35.4 Å². The number of nitrogen functional groups attached to an aromatic ring is 1. The van der Waals surface area contributed by atoms with Crippen molar-refractivity contribution in [2.75, 3.05) is 51.1 Å². The number of benzene rings is 2. The molecular weight excluding hydrogens is 584 g/mol. The summed E-state index contributed by atoms with van der Waals surface area (Å²) in [5, 5.41) is 13.7. The van der Waals surface area contributed by atoms with Crippen molar-refractivity contribution in [1.82, 2.24) is 15.2 Å². The number of hydrogen-bond donors (Lipinski definition) is 4. The molecule has 3 heterocycles. The van der Waals surface area contributed by atoms with Gasteiger partial charge in [0.1, 0.15) is 11.9 Å². The third kappa shape index (κ3) is 6.12. The molecule has 0 radical (unpaired) electrons. The van der Waals surface area contributed by atoms with E-state index in [-0.39, 0.29) is 24.1 Å². The summed E-state index contributed by atoms with van der Waals surface area (Å²) in [6.45, 7) is 3.92. The van der Waals surface area contributed by atoms with E-state index in [1.165, 1.54) is 6.21 Å². The molecule has 0 unspecified atom stereocenters. The number of nitrogens with two attached hydrogens (primary N) is 1. The third-order valence-corrected chi connectivity index (χ3v) is 9.33. The maximum atomic E-state index is 13.8. The number of aromatic nitrogens is 1. The van der Waals surface area contributed by atoms with E-state index in [2.05, 4.69) is 21.7 Å². The van der Waals surface area contributed by atoms with E-state index in [9.17, 15) is 14.4 Å². The average molecular weight is 625 g/mol. The fourth-order valence-electron chi connectivity index (χ4n) is 6.72. The molecule has 11 heteroatoms. The highest BCUT2D eigenvalue weighted by Gasteiger charge is 2.51. The molecule has 3 aliphatic rings. The number of likely N-dealkylation sites (N-methyl/N-ethyl adjacent to an activating group) is 1. The lowest BCUT2D eigenvalue weighted by atomic mass is 9.79. The van der Waals surface area contributed by atoms with E-state index in [1.54, 1.807) is 24.1 Å². The second-order valence-electron chi connectivity index (χ2n) is 12.5. The first-order chi connectivity index (χ1) is 22.2. The molecule has 5 bridgehead atoms. The Morgan fingerprint density at radius 1 is 1.07 bits per heavy atom. The number of nitrogens with one attached hydrogen (secondary N) is 3. The van der Waals surface area contributed by atoms with Crippen LogP contribution >= 0.6 is 0 Å². The van der Waals surface area contributed by atoms with Crippen molar-refractivity contribution in [2.45, 2.75) is 50.5 Å². The number of carbonyl (C=O) groups is 3. The van der Waals surface area contributed by atoms with Crippen molar-refractivity contribution in [3.05, 3.63) is 87.1 Å². The Balaban J connectivity index is 1.31. The average Bonchev–Trinajstić information content (AvgIpc) is 3.56. The molecule has 240 valence electrons. The number of nitrogens with zero attached hydrogens (tertiary/aromatic N) is 2. The van der Waals surface area contributed by atoms with Gasteiger partial charge in [0, 0.05) is 61.4 Å². The highest BCUT2D eigenvalue weighted by molar-refractivity contribution is 6.06. The molecule has 3 aromatic rings. The molecule has 11 nitrogen and oxygen atoms in total. The standard InChI is InChI=1S/C35H40N6O5/c1-21-12-23(13-27(19-36)30(21)37)15-29-33(43)41(2)7-9-46-11-10-45-8-3-4-22-14-28-31(38-20-22)40-34(44)35(28)17-25-6-5-24(32(42)39-29)16-26(25)18-35/h5-6,12-14,16,19-20,29,36H,3-4,7-11,15,17-18,37H2,1-2H3,(H,39,42)(H,38,40,44)/t29-,35+/m1/s1. The van der Waals surface area contributed by atoms with Crippen LogP contribution in [0.25, 0.3) is 0 Å². The fraction of sp³-hybridized carbons (Fsp3) is 0.400. The van der Waals surface area contributed by atoms with Gasteiger partial charge in [-0.15, -0.1) is 0 Å². The van der Waals surface area contributed by atoms with Gasteiger partial charge in [0.25, 0.3) is 5.91 Å².